The van der Waals surface area contributed by atoms with E-state index in [2.05, 4.69) is 21.9 Å². The van der Waals surface area contributed by atoms with Crippen molar-refractivity contribution in [1.82, 2.24) is 10.2 Å². The zero-order chi connectivity index (χ0) is 16.1. The predicted molar refractivity (Wildman–Crippen MR) is 74.9 cm³/mol. The molecule has 1 fully saturated rings. The zero-order valence-corrected chi connectivity index (χ0v) is 11.9. The summed E-state index contributed by atoms with van der Waals surface area (Å²) in [4.78, 5) is 21.5. The lowest BCUT2D eigenvalue weighted by atomic mass is 9.97. The lowest BCUT2D eigenvalue weighted by molar-refractivity contribution is -0.126. The first-order valence-corrected chi connectivity index (χ1v) is 6.84. The number of carbonyl (C=O) groups excluding carboxylic acids is 1. The van der Waals surface area contributed by atoms with Crippen LogP contribution in [0.2, 0.25) is 0 Å². The second-order valence-electron chi connectivity index (χ2n) is 5.49. The molecule has 1 amide bonds. The van der Waals surface area contributed by atoms with Crippen LogP contribution in [0.25, 0.3) is 0 Å². The van der Waals surface area contributed by atoms with E-state index < -0.39 is 42.9 Å². The van der Waals surface area contributed by atoms with Crippen LogP contribution in [0, 0.1) is 0 Å². The van der Waals surface area contributed by atoms with Gasteiger partial charge in [-0.2, -0.15) is 0 Å². The number of fused-ring (bicyclic) bond motifs is 1. The lowest BCUT2D eigenvalue weighted by Crippen LogP contribution is -2.54. The highest BCUT2D eigenvalue weighted by atomic mass is 19.1. The molecule has 0 saturated carbocycles. The number of halogens is 1. The Bertz CT molecular complexity index is 568. The molecule has 3 aliphatic rings. The number of hydrogen-bond acceptors (Lipinski definition) is 7. The highest BCUT2D eigenvalue weighted by Gasteiger charge is 2.57. The van der Waals surface area contributed by atoms with E-state index in [-0.39, 0.29) is 5.91 Å². The Morgan fingerprint density at radius 2 is 2.41 bits per heavy atom. The van der Waals surface area contributed by atoms with Crippen molar-refractivity contribution >= 4 is 18.1 Å². The van der Waals surface area contributed by atoms with Gasteiger partial charge in [0.15, 0.2) is 24.6 Å². The molecule has 0 radical (unpaired) electrons. The number of nitrogens with zero attached hydrogens (tertiary/aromatic N) is 3. The summed E-state index contributed by atoms with van der Waals surface area (Å²) < 4.78 is 20.0. The largest absolute Gasteiger partial charge is 0.393 e. The number of nitrogens with one attached hydrogen (secondary N) is 1. The van der Waals surface area contributed by atoms with Gasteiger partial charge in [0.1, 0.15) is 17.5 Å². The van der Waals surface area contributed by atoms with Crippen molar-refractivity contribution in [2.24, 2.45) is 9.98 Å². The average molecular weight is 312 g/mol. The topological polar surface area (TPSA) is 107 Å². The Balaban J connectivity index is 1.89. The predicted octanol–water partition coefficient (Wildman–Crippen LogP) is -1.45. The minimum absolute atomic E-state index is 0.331. The third-order valence-corrected chi connectivity index (χ3v) is 4.15. The Morgan fingerprint density at radius 1 is 1.68 bits per heavy atom. The van der Waals surface area contributed by atoms with Crippen LogP contribution >= 0.6 is 0 Å². The molecule has 2 unspecified atom stereocenters. The molecule has 22 heavy (non-hydrogen) atoms. The maximum absolute atomic E-state index is 14.5. The quantitative estimate of drug-likeness (QED) is 0.553. The van der Waals surface area contributed by atoms with Gasteiger partial charge < -0.3 is 25.2 Å². The van der Waals surface area contributed by atoms with Gasteiger partial charge in [-0.1, -0.05) is 6.08 Å². The number of alkyl halides is 1. The van der Waals surface area contributed by atoms with Gasteiger partial charge in [0.2, 0.25) is 0 Å². The molecular formula is C13H17FN4O4. The lowest BCUT2D eigenvalue weighted by Gasteiger charge is -2.33. The van der Waals surface area contributed by atoms with Crippen LogP contribution in [0.1, 0.15) is 6.92 Å². The first-order valence-electron chi connectivity index (χ1n) is 6.84. The summed E-state index contributed by atoms with van der Waals surface area (Å²) in [5.41, 5.74) is -1.59. The van der Waals surface area contributed by atoms with Crippen molar-refractivity contribution in [3.05, 3.63) is 12.7 Å². The van der Waals surface area contributed by atoms with Crippen LogP contribution in [0.4, 0.5) is 4.39 Å². The number of hydrogen-bond donors (Lipinski definition) is 3. The minimum atomic E-state index is -1.81. The third-order valence-electron chi connectivity index (χ3n) is 4.15. The third kappa shape index (κ3) is 1.97. The molecule has 0 bridgehead atoms. The van der Waals surface area contributed by atoms with E-state index in [9.17, 15) is 19.4 Å². The maximum Gasteiger partial charge on any atom is 0.254 e. The molecule has 6 atom stereocenters. The molecule has 3 N–H and O–H groups in total. The van der Waals surface area contributed by atoms with E-state index >= 15 is 0 Å². The Kier molecular flexibility index (Phi) is 3.50. The van der Waals surface area contributed by atoms with Crippen molar-refractivity contribution in [2.45, 2.75) is 43.2 Å². The van der Waals surface area contributed by atoms with Gasteiger partial charge in [-0.05, 0) is 6.92 Å². The van der Waals surface area contributed by atoms with E-state index in [1.54, 1.807) is 6.92 Å². The van der Waals surface area contributed by atoms with Gasteiger partial charge in [-0.3, -0.25) is 9.79 Å². The second-order valence-corrected chi connectivity index (χ2v) is 5.49. The smallest absolute Gasteiger partial charge is 0.254 e. The van der Waals surface area contributed by atoms with Crippen LogP contribution in [-0.2, 0) is 9.53 Å². The number of carbonyl (C=O) groups is 1. The number of aliphatic hydroxyl groups excluding tert-OH is 2. The Labute approximate surface area is 126 Å². The normalized spacial score (nSPS) is 43.8. The van der Waals surface area contributed by atoms with Crippen LogP contribution < -0.4 is 5.32 Å². The van der Waals surface area contributed by atoms with E-state index in [4.69, 9.17) is 4.74 Å². The fourth-order valence-corrected chi connectivity index (χ4v) is 2.87. The molecule has 0 aromatic rings. The molecule has 8 nitrogen and oxygen atoms in total. The molecular weight excluding hydrogens is 295 g/mol. The van der Waals surface area contributed by atoms with Crippen LogP contribution in [0.3, 0.4) is 0 Å². The summed E-state index contributed by atoms with van der Waals surface area (Å²) in [5.74, 6) is 0.0650. The van der Waals surface area contributed by atoms with Crippen molar-refractivity contribution < 1.29 is 24.1 Å². The second kappa shape index (κ2) is 5.11. The molecule has 0 spiro atoms. The number of aliphatic imine (C=N–C) groups is 2. The fraction of sp³-hybridized carbons (Fsp3) is 0.615. The highest BCUT2D eigenvalue weighted by Crippen LogP contribution is 2.37. The minimum Gasteiger partial charge on any atom is -0.393 e. The summed E-state index contributed by atoms with van der Waals surface area (Å²) in [6, 6.07) is -0.787. The molecule has 120 valence electrons. The molecule has 3 aliphatic heterocycles. The number of aliphatic hydroxyl groups is 2. The van der Waals surface area contributed by atoms with Crippen LogP contribution in [0.5, 0.6) is 0 Å². The molecule has 3 rings (SSSR count). The van der Waals surface area contributed by atoms with Gasteiger partial charge in [0.05, 0.1) is 12.9 Å². The van der Waals surface area contributed by atoms with Gasteiger partial charge in [0.25, 0.3) is 5.91 Å². The molecule has 3 heterocycles. The summed E-state index contributed by atoms with van der Waals surface area (Å²) in [7, 11) is 0. The Hall–Kier alpha value is -1.84. The molecule has 1 saturated heterocycles. The van der Waals surface area contributed by atoms with Crippen molar-refractivity contribution in [3.8, 4) is 0 Å². The van der Waals surface area contributed by atoms with Gasteiger partial charge in [-0.25, -0.2) is 9.38 Å². The van der Waals surface area contributed by atoms with Crippen molar-refractivity contribution in [1.29, 1.82) is 0 Å². The molecule has 0 aromatic carbocycles. The fourth-order valence-electron chi connectivity index (χ4n) is 2.87. The number of ether oxygens (including phenoxy) is 1. The number of rotatable bonds is 3. The average Bonchev–Trinajstić information content (AvgIpc) is 3.01. The SMILES string of the molecule is C=C[C@]1(CO)O[C@@H](N2C=NC3C(=O)NC(C)=NC32)[C@H](F)[C@@H]1O. The summed E-state index contributed by atoms with van der Waals surface area (Å²) >= 11 is 0. The Morgan fingerprint density at radius 3 is 3.00 bits per heavy atom. The summed E-state index contributed by atoms with van der Waals surface area (Å²) in [6.07, 6.45) is -2.87. The van der Waals surface area contributed by atoms with E-state index in [1.165, 1.54) is 17.3 Å². The van der Waals surface area contributed by atoms with Gasteiger partial charge in [-0.15, -0.1) is 6.58 Å². The van der Waals surface area contributed by atoms with Crippen molar-refractivity contribution in [2.75, 3.05) is 6.61 Å². The molecule has 0 aromatic heterocycles. The van der Waals surface area contributed by atoms with Gasteiger partial charge >= 0.3 is 0 Å². The molecule has 9 heteroatoms. The van der Waals surface area contributed by atoms with E-state index in [1.807, 2.05) is 0 Å². The van der Waals surface area contributed by atoms with E-state index in [0.717, 1.165) is 0 Å². The zero-order valence-electron chi connectivity index (χ0n) is 11.9. The van der Waals surface area contributed by atoms with Crippen LogP contribution in [0.15, 0.2) is 22.6 Å². The first-order chi connectivity index (χ1) is 10.4. The standard InChI is InChI=1S/C13H17FN4O4/c1-3-13(4-19)9(20)7(14)12(22-13)18-5-15-8-10(18)16-6(2)17-11(8)21/h3,5,7-10,12,19-20H,1,4H2,2H3,(H,16,17,21)/t7-,8?,9+,10?,12-,13-/m1/s1. The van der Waals surface area contributed by atoms with Crippen molar-refractivity contribution in [3.63, 3.8) is 0 Å². The number of amidine groups is 1. The first kappa shape index (κ1) is 15.1. The number of amides is 1. The van der Waals surface area contributed by atoms with E-state index in [0.29, 0.717) is 5.84 Å². The molecule has 0 aliphatic carbocycles. The van der Waals surface area contributed by atoms with Gasteiger partial charge in [0, 0.05) is 0 Å². The summed E-state index contributed by atoms with van der Waals surface area (Å²) in [5, 5.41) is 22.0. The highest BCUT2D eigenvalue weighted by molar-refractivity contribution is 6.03. The summed E-state index contributed by atoms with van der Waals surface area (Å²) in [6.45, 7) is 4.48. The maximum atomic E-state index is 14.5. The van der Waals surface area contributed by atoms with Crippen LogP contribution in [-0.4, -0.2) is 76.1 Å². The monoisotopic (exact) mass is 312 g/mol.